The highest BCUT2D eigenvalue weighted by molar-refractivity contribution is 7.19. The summed E-state index contributed by atoms with van der Waals surface area (Å²) in [5, 5.41) is 3.15. The molecule has 3 aromatic rings. The zero-order chi connectivity index (χ0) is 21.4. The lowest BCUT2D eigenvalue weighted by Crippen LogP contribution is -2.50. The van der Waals surface area contributed by atoms with Gasteiger partial charge in [-0.15, -0.1) is 11.3 Å². The van der Waals surface area contributed by atoms with E-state index < -0.39 is 5.82 Å². The molecule has 1 atom stereocenters. The van der Waals surface area contributed by atoms with Crippen molar-refractivity contribution in [2.75, 3.05) is 18.4 Å². The normalized spacial score (nSPS) is 15.1. The lowest BCUT2D eigenvalue weighted by Gasteiger charge is -2.38. The first-order chi connectivity index (χ1) is 14.3. The summed E-state index contributed by atoms with van der Waals surface area (Å²) in [5.41, 5.74) is 1.71. The summed E-state index contributed by atoms with van der Waals surface area (Å²) in [6.45, 7) is 6.50. The monoisotopic (exact) mass is 427 g/mol. The van der Waals surface area contributed by atoms with Crippen molar-refractivity contribution in [1.29, 1.82) is 0 Å². The number of fused-ring (bicyclic) bond motifs is 1. The second-order valence-electron chi connectivity index (χ2n) is 7.75. The number of pyridine rings is 1. The van der Waals surface area contributed by atoms with E-state index in [2.05, 4.69) is 20.3 Å². The lowest BCUT2D eigenvalue weighted by atomic mass is 9.94. The minimum Gasteiger partial charge on any atom is -0.348 e. The van der Waals surface area contributed by atoms with E-state index in [-0.39, 0.29) is 23.7 Å². The van der Waals surface area contributed by atoms with E-state index in [1.54, 1.807) is 18.0 Å². The quantitative estimate of drug-likeness (QED) is 0.644. The number of rotatable bonds is 6. The van der Waals surface area contributed by atoms with Gasteiger partial charge in [0.2, 0.25) is 5.95 Å². The highest BCUT2D eigenvalue weighted by Gasteiger charge is 2.34. The fourth-order valence-electron chi connectivity index (χ4n) is 3.62. The molecule has 4 rings (SSSR count). The summed E-state index contributed by atoms with van der Waals surface area (Å²) in [7, 11) is 0. The smallest absolute Gasteiger partial charge is 0.274 e. The molecule has 156 valence electrons. The number of thiophene rings is 1. The van der Waals surface area contributed by atoms with Gasteiger partial charge < -0.3 is 15.0 Å². The molecule has 1 N–H and O–H groups in total. The molecule has 0 aromatic carbocycles. The average Bonchev–Trinajstić information content (AvgIpc) is 3.03. The highest BCUT2D eigenvalue weighted by atomic mass is 32.1. The molecule has 0 unspecified atom stereocenters. The van der Waals surface area contributed by atoms with Crippen molar-refractivity contribution >= 4 is 39.2 Å². The van der Waals surface area contributed by atoms with Gasteiger partial charge in [0.15, 0.2) is 5.69 Å². The molecule has 1 saturated heterocycles. The van der Waals surface area contributed by atoms with E-state index in [0.717, 1.165) is 15.8 Å². The van der Waals surface area contributed by atoms with E-state index >= 15 is 0 Å². The van der Waals surface area contributed by atoms with Crippen LogP contribution in [-0.2, 0) is 4.79 Å². The van der Waals surface area contributed by atoms with Gasteiger partial charge in [0.05, 0.1) is 22.5 Å². The Balaban J connectivity index is 1.60. The largest absolute Gasteiger partial charge is 0.348 e. The molecule has 7 nitrogen and oxygen atoms in total. The van der Waals surface area contributed by atoms with E-state index in [1.165, 1.54) is 17.4 Å². The molecule has 0 spiro atoms. The number of amides is 1. The summed E-state index contributed by atoms with van der Waals surface area (Å²) in [6, 6.07) is 3.03. The Morgan fingerprint density at radius 3 is 2.77 bits per heavy atom. The number of carbonyl (C=O) groups excluding carboxylic acids is 2. The highest BCUT2D eigenvalue weighted by Crippen LogP contribution is 2.31. The van der Waals surface area contributed by atoms with E-state index in [9.17, 15) is 14.0 Å². The third-order valence-corrected chi connectivity index (χ3v) is 6.14. The van der Waals surface area contributed by atoms with Crippen LogP contribution in [-0.4, -0.2) is 44.6 Å². The fraction of sp³-hybridized carbons (Fsp3) is 0.381. The maximum absolute atomic E-state index is 13.5. The molecule has 30 heavy (non-hydrogen) atoms. The van der Waals surface area contributed by atoms with Gasteiger partial charge in [-0.2, -0.15) is 0 Å². The predicted molar refractivity (Wildman–Crippen MR) is 113 cm³/mol. The zero-order valence-electron chi connectivity index (χ0n) is 17.0. The van der Waals surface area contributed by atoms with Crippen molar-refractivity contribution in [2.45, 2.75) is 33.2 Å². The average molecular weight is 428 g/mol. The van der Waals surface area contributed by atoms with E-state index in [1.807, 2.05) is 19.9 Å². The van der Waals surface area contributed by atoms with Crippen LogP contribution in [0.15, 0.2) is 24.5 Å². The summed E-state index contributed by atoms with van der Waals surface area (Å²) >= 11 is 1.48. The number of hydrogen-bond donors (Lipinski definition) is 1. The molecule has 1 aliphatic rings. The first-order valence-corrected chi connectivity index (χ1v) is 10.6. The molecule has 0 radical (unpaired) electrons. The van der Waals surface area contributed by atoms with Crippen molar-refractivity contribution in [3.05, 3.63) is 46.5 Å². The molecule has 0 bridgehead atoms. The number of carbonyl (C=O) groups is 2. The van der Waals surface area contributed by atoms with Crippen molar-refractivity contribution < 1.29 is 14.0 Å². The van der Waals surface area contributed by atoms with Crippen molar-refractivity contribution in [2.24, 2.45) is 5.92 Å². The minimum absolute atomic E-state index is 0.137. The fourth-order valence-corrected chi connectivity index (χ4v) is 4.55. The van der Waals surface area contributed by atoms with Crippen molar-refractivity contribution in [3.8, 4) is 0 Å². The maximum Gasteiger partial charge on any atom is 0.274 e. The molecule has 1 fully saturated rings. The minimum atomic E-state index is -0.417. The van der Waals surface area contributed by atoms with Crippen molar-refractivity contribution in [1.82, 2.24) is 19.9 Å². The SMILES string of the molecule is CC(=O)CC1CN(C(=O)c2nc(N[C@@H](C)c3cncc(F)c3)nc3cc(C)sc23)C1. The van der Waals surface area contributed by atoms with E-state index in [4.69, 9.17) is 0 Å². The number of nitrogens with one attached hydrogen (secondary N) is 1. The molecular formula is C21H22FN5O2S. The summed E-state index contributed by atoms with van der Waals surface area (Å²) in [5.74, 6) is 0.0813. The Hall–Kier alpha value is -2.94. The molecule has 9 heteroatoms. The summed E-state index contributed by atoms with van der Waals surface area (Å²) < 4.78 is 14.2. The van der Waals surface area contributed by atoms with Crippen LogP contribution >= 0.6 is 11.3 Å². The van der Waals surface area contributed by atoms with Crippen LogP contribution in [0, 0.1) is 18.7 Å². The zero-order valence-corrected chi connectivity index (χ0v) is 17.8. The van der Waals surface area contributed by atoms with Gasteiger partial charge in [-0.05, 0) is 38.5 Å². The lowest BCUT2D eigenvalue weighted by molar-refractivity contribution is -0.118. The molecule has 1 amide bonds. The summed E-state index contributed by atoms with van der Waals surface area (Å²) in [6.07, 6.45) is 3.22. The van der Waals surface area contributed by atoms with Gasteiger partial charge in [0.1, 0.15) is 11.6 Å². The first-order valence-electron chi connectivity index (χ1n) is 9.74. The second-order valence-corrected chi connectivity index (χ2v) is 9.01. The number of likely N-dealkylation sites (tertiary alicyclic amines) is 1. The third-order valence-electron chi connectivity index (χ3n) is 5.09. The number of hydrogen-bond acceptors (Lipinski definition) is 7. The van der Waals surface area contributed by atoms with E-state index in [0.29, 0.717) is 42.2 Å². The van der Waals surface area contributed by atoms with Crippen LogP contribution in [0.1, 0.15) is 47.2 Å². The molecule has 0 aliphatic carbocycles. The summed E-state index contributed by atoms with van der Waals surface area (Å²) in [4.78, 5) is 40.1. The molecular weight excluding hydrogens is 405 g/mol. The molecule has 4 heterocycles. The van der Waals surface area contributed by atoms with Gasteiger partial charge in [-0.3, -0.25) is 9.78 Å². The number of ketones is 1. The van der Waals surface area contributed by atoms with Crippen LogP contribution in [0.5, 0.6) is 0 Å². The third kappa shape index (κ3) is 4.16. The number of nitrogens with zero attached hydrogens (tertiary/aromatic N) is 4. The van der Waals surface area contributed by atoms with Gasteiger partial charge in [0.25, 0.3) is 5.91 Å². The maximum atomic E-state index is 13.5. The van der Waals surface area contributed by atoms with Crippen LogP contribution < -0.4 is 5.32 Å². The number of anilines is 1. The number of Topliss-reactive ketones (excluding diaryl/α,β-unsaturated/α-hetero) is 1. The second kappa shape index (κ2) is 8.06. The predicted octanol–water partition coefficient (Wildman–Crippen LogP) is 3.76. The molecule has 3 aromatic heterocycles. The Morgan fingerprint density at radius 2 is 2.07 bits per heavy atom. The van der Waals surface area contributed by atoms with Gasteiger partial charge in [-0.1, -0.05) is 0 Å². The first kappa shape index (κ1) is 20.3. The topological polar surface area (TPSA) is 88.1 Å². The Labute approximate surface area is 177 Å². The number of halogens is 1. The standard InChI is InChI=1S/C21H22FN5O2S/c1-11(28)4-14-9-27(10-14)20(29)18-19-17(5-12(2)30-19)25-21(26-18)24-13(3)15-6-16(22)8-23-7-15/h5-8,13-14H,4,9-10H2,1-3H3,(H,24,25,26)/t13-/m0/s1. The Morgan fingerprint density at radius 1 is 1.30 bits per heavy atom. The van der Waals surface area contributed by atoms with Crippen LogP contribution in [0.3, 0.4) is 0 Å². The van der Waals surface area contributed by atoms with Crippen molar-refractivity contribution in [3.63, 3.8) is 0 Å². The molecule has 1 aliphatic heterocycles. The Bertz CT molecular complexity index is 1130. The Kier molecular flexibility index (Phi) is 5.46. The van der Waals surface area contributed by atoms with Crippen LogP contribution in [0.4, 0.5) is 10.3 Å². The molecule has 0 saturated carbocycles. The van der Waals surface area contributed by atoms with Gasteiger partial charge >= 0.3 is 0 Å². The van der Waals surface area contributed by atoms with Crippen LogP contribution in [0.2, 0.25) is 0 Å². The van der Waals surface area contributed by atoms with Crippen LogP contribution in [0.25, 0.3) is 10.2 Å². The van der Waals surface area contributed by atoms with Gasteiger partial charge in [0, 0.05) is 36.5 Å². The van der Waals surface area contributed by atoms with Gasteiger partial charge in [-0.25, -0.2) is 14.4 Å². The number of aryl methyl sites for hydroxylation is 1. The number of aromatic nitrogens is 3.